The van der Waals surface area contributed by atoms with Gasteiger partial charge in [0.15, 0.2) is 6.49 Å². The molecule has 0 aliphatic heterocycles. The highest BCUT2D eigenvalue weighted by molar-refractivity contribution is 8.09. The van der Waals surface area contributed by atoms with Crippen molar-refractivity contribution in [2.75, 3.05) is 6.66 Å². The summed E-state index contributed by atoms with van der Waals surface area (Å²) in [7, 11) is 0. The summed E-state index contributed by atoms with van der Waals surface area (Å²) >= 11 is 5.19. The standard InChI is InChI=1S/C28H49O2PS/c1-19(2)8-7-9-20(3)24-12-13-25-23-11-10-21-18-22(30-31(6,29)32)14-16-27(21,4)26(23)15-17-28(24,25)5/h10,19-20,22-26H,7-9,11-18H2,1-6H3,(H,29,32)/t20-,22+,23+,24-,25+,26+,27+,28-,31?/m1/s1. The van der Waals surface area contributed by atoms with E-state index < -0.39 is 6.49 Å². The summed E-state index contributed by atoms with van der Waals surface area (Å²) in [5, 5.41) is 0. The molecule has 0 bridgehead atoms. The highest BCUT2D eigenvalue weighted by atomic mass is 32.5. The first-order chi connectivity index (χ1) is 14.9. The van der Waals surface area contributed by atoms with Gasteiger partial charge in [-0.1, -0.05) is 65.5 Å². The van der Waals surface area contributed by atoms with Gasteiger partial charge in [-0.2, -0.15) is 0 Å². The minimum Gasteiger partial charge on any atom is -0.345 e. The lowest BCUT2D eigenvalue weighted by molar-refractivity contribution is -0.0558. The first-order valence-corrected chi connectivity index (χ1v) is 16.7. The summed E-state index contributed by atoms with van der Waals surface area (Å²) in [4.78, 5) is 10.1. The Labute approximate surface area is 203 Å². The van der Waals surface area contributed by atoms with Crippen LogP contribution in [0.25, 0.3) is 0 Å². The SMILES string of the molecule is CC(C)CCC[C@@H](C)[C@H]1CC[C@H]2[C@@H]3CC=C4C[C@@H](OP(C)(O)=S)CC[C@]4(C)[C@H]3CC[C@]12C. The number of hydrogen-bond acceptors (Lipinski definition) is 2. The quantitative estimate of drug-likeness (QED) is 0.293. The Morgan fingerprint density at radius 2 is 1.84 bits per heavy atom. The molecule has 9 atom stereocenters. The zero-order valence-electron chi connectivity index (χ0n) is 21.6. The first-order valence-electron chi connectivity index (χ1n) is 13.6. The fraction of sp³-hybridized carbons (Fsp3) is 0.929. The average molecular weight is 481 g/mol. The summed E-state index contributed by atoms with van der Waals surface area (Å²) in [6, 6.07) is 0. The molecule has 0 spiro atoms. The third kappa shape index (κ3) is 4.84. The second-order valence-corrected chi connectivity index (χ2v) is 16.9. The third-order valence-electron chi connectivity index (χ3n) is 10.6. The van der Waals surface area contributed by atoms with Crippen molar-refractivity contribution in [2.24, 2.45) is 46.3 Å². The van der Waals surface area contributed by atoms with Crippen molar-refractivity contribution in [3.8, 4) is 0 Å². The van der Waals surface area contributed by atoms with Gasteiger partial charge in [0.1, 0.15) is 0 Å². The molecule has 0 heterocycles. The number of rotatable bonds is 7. The smallest absolute Gasteiger partial charge is 0.183 e. The molecule has 0 saturated heterocycles. The van der Waals surface area contributed by atoms with Crippen LogP contribution in [0.5, 0.6) is 0 Å². The zero-order chi connectivity index (χ0) is 23.3. The lowest BCUT2D eigenvalue weighted by atomic mass is 9.47. The van der Waals surface area contributed by atoms with E-state index in [9.17, 15) is 4.89 Å². The Balaban J connectivity index is 1.46. The van der Waals surface area contributed by atoms with Crippen molar-refractivity contribution in [2.45, 2.75) is 111 Å². The van der Waals surface area contributed by atoms with E-state index in [4.69, 9.17) is 16.3 Å². The van der Waals surface area contributed by atoms with E-state index in [1.807, 2.05) is 0 Å². The van der Waals surface area contributed by atoms with E-state index in [0.717, 1.165) is 48.3 Å². The lowest BCUT2D eigenvalue weighted by Gasteiger charge is -2.58. The van der Waals surface area contributed by atoms with E-state index >= 15 is 0 Å². The second kappa shape index (κ2) is 9.40. The van der Waals surface area contributed by atoms with Crippen molar-refractivity contribution >= 4 is 18.3 Å². The number of hydrogen-bond donors (Lipinski definition) is 1. The van der Waals surface area contributed by atoms with Crippen molar-refractivity contribution in [1.29, 1.82) is 0 Å². The molecule has 0 aromatic carbocycles. The summed E-state index contributed by atoms with van der Waals surface area (Å²) in [5.41, 5.74) is 2.53. The van der Waals surface area contributed by atoms with Crippen LogP contribution in [0.3, 0.4) is 0 Å². The van der Waals surface area contributed by atoms with Crippen LogP contribution in [0, 0.1) is 46.3 Å². The second-order valence-electron chi connectivity index (χ2n) is 13.1. The predicted octanol–water partition coefficient (Wildman–Crippen LogP) is 8.34. The molecule has 3 saturated carbocycles. The van der Waals surface area contributed by atoms with Crippen LogP contribution in [0.15, 0.2) is 11.6 Å². The molecular weight excluding hydrogens is 431 g/mol. The Kier molecular flexibility index (Phi) is 7.46. The molecule has 0 aromatic heterocycles. The van der Waals surface area contributed by atoms with E-state index in [-0.39, 0.29) is 6.10 Å². The monoisotopic (exact) mass is 480 g/mol. The predicted molar refractivity (Wildman–Crippen MR) is 140 cm³/mol. The Morgan fingerprint density at radius 3 is 2.53 bits per heavy atom. The molecule has 2 nitrogen and oxygen atoms in total. The minimum atomic E-state index is -2.58. The van der Waals surface area contributed by atoms with Gasteiger partial charge in [-0.3, -0.25) is 0 Å². The van der Waals surface area contributed by atoms with Crippen molar-refractivity contribution in [1.82, 2.24) is 0 Å². The maximum atomic E-state index is 10.1. The van der Waals surface area contributed by atoms with Crippen LogP contribution in [-0.4, -0.2) is 17.7 Å². The largest absolute Gasteiger partial charge is 0.345 e. The van der Waals surface area contributed by atoms with E-state index in [0.29, 0.717) is 10.8 Å². The van der Waals surface area contributed by atoms with Gasteiger partial charge >= 0.3 is 0 Å². The lowest BCUT2D eigenvalue weighted by Crippen LogP contribution is -2.50. The first kappa shape index (κ1) is 25.4. The van der Waals surface area contributed by atoms with E-state index in [1.165, 1.54) is 57.8 Å². The van der Waals surface area contributed by atoms with Crippen LogP contribution in [0.1, 0.15) is 105 Å². The molecule has 0 radical (unpaired) electrons. The topological polar surface area (TPSA) is 29.5 Å². The average Bonchev–Trinajstić information content (AvgIpc) is 3.04. The molecule has 184 valence electrons. The fourth-order valence-corrected chi connectivity index (χ4v) is 10.1. The van der Waals surface area contributed by atoms with Gasteiger partial charge in [0.2, 0.25) is 0 Å². The summed E-state index contributed by atoms with van der Waals surface area (Å²) < 4.78 is 5.92. The zero-order valence-corrected chi connectivity index (χ0v) is 23.3. The number of allylic oxidation sites excluding steroid dienone is 1. The molecule has 32 heavy (non-hydrogen) atoms. The van der Waals surface area contributed by atoms with Gasteiger partial charge in [-0.05, 0) is 110 Å². The van der Waals surface area contributed by atoms with Gasteiger partial charge in [0.05, 0.1) is 6.10 Å². The van der Waals surface area contributed by atoms with E-state index in [2.05, 4.69) is 40.7 Å². The van der Waals surface area contributed by atoms with Crippen LogP contribution in [0.4, 0.5) is 0 Å². The fourth-order valence-electron chi connectivity index (χ4n) is 9.02. The molecular formula is C28H49O2PS. The van der Waals surface area contributed by atoms with Gasteiger partial charge in [0.25, 0.3) is 0 Å². The van der Waals surface area contributed by atoms with Gasteiger partial charge in [-0.15, -0.1) is 0 Å². The van der Waals surface area contributed by atoms with Crippen molar-refractivity contribution < 1.29 is 9.42 Å². The van der Waals surface area contributed by atoms with Crippen LogP contribution in [0.2, 0.25) is 0 Å². The summed E-state index contributed by atoms with van der Waals surface area (Å²) in [6.07, 6.45) is 17.3. The number of fused-ring (bicyclic) bond motifs is 5. The molecule has 4 aliphatic rings. The Bertz CT molecular complexity index is 757. The highest BCUT2D eigenvalue weighted by Crippen LogP contribution is 2.67. The van der Waals surface area contributed by atoms with Gasteiger partial charge in [-0.25, -0.2) is 0 Å². The van der Waals surface area contributed by atoms with Crippen LogP contribution in [-0.2, 0) is 16.3 Å². The molecule has 4 rings (SSSR count). The normalized spacial score (nSPS) is 44.2. The molecule has 1 N–H and O–H groups in total. The Hall–Kier alpha value is 0.310. The van der Waals surface area contributed by atoms with Crippen molar-refractivity contribution in [3.05, 3.63) is 11.6 Å². The van der Waals surface area contributed by atoms with Crippen LogP contribution >= 0.6 is 6.49 Å². The van der Waals surface area contributed by atoms with E-state index in [1.54, 1.807) is 12.2 Å². The minimum absolute atomic E-state index is 0.128. The molecule has 4 aliphatic carbocycles. The molecule has 1 unspecified atom stereocenters. The van der Waals surface area contributed by atoms with Crippen LogP contribution < -0.4 is 0 Å². The molecule has 3 fully saturated rings. The summed E-state index contributed by atoms with van der Waals surface area (Å²) in [5.74, 6) is 5.29. The van der Waals surface area contributed by atoms with Crippen molar-refractivity contribution in [3.63, 3.8) is 0 Å². The van der Waals surface area contributed by atoms with Gasteiger partial charge < -0.3 is 9.42 Å². The maximum absolute atomic E-state index is 10.1. The maximum Gasteiger partial charge on any atom is 0.183 e. The summed E-state index contributed by atoms with van der Waals surface area (Å²) in [6.45, 7) is 11.7. The highest BCUT2D eigenvalue weighted by Gasteiger charge is 2.59. The Morgan fingerprint density at radius 1 is 1.09 bits per heavy atom. The molecule has 0 amide bonds. The molecule has 4 heteroatoms. The third-order valence-corrected chi connectivity index (χ3v) is 11.6. The van der Waals surface area contributed by atoms with Gasteiger partial charge in [0, 0.05) is 6.66 Å². The molecule has 0 aromatic rings.